The van der Waals surface area contributed by atoms with Crippen LogP contribution >= 0.6 is 23.2 Å². The minimum absolute atomic E-state index is 0.363. The van der Waals surface area contributed by atoms with Gasteiger partial charge in [0.1, 0.15) is 5.75 Å². The topological polar surface area (TPSA) is 50.7 Å². The van der Waals surface area contributed by atoms with Crippen LogP contribution in [-0.2, 0) is 4.79 Å². The van der Waals surface area contributed by atoms with Crippen LogP contribution in [0.1, 0.15) is 19.4 Å². The Kier molecular flexibility index (Phi) is 5.64. The highest BCUT2D eigenvalue weighted by Crippen LogP contribution is 2.21. The van der Waals surface area contributed by atoms with Gasteiger partial charge in [0.2, 0.25) is 0 Å². The molecular formula is C17H16Cl2N2O2. The number of hydrogen-bond acceptors (Lipinski definition) is 3. The molecule has 0 bridgehead atoms. The molecule has 0 saturated heterocycles. The number of carbonyl (C=O) groups is 1. The van der Waals surface area contributed by atoms with E-state index in [4.69, 9.17) is 27.9 Å². The lowest BCUT2D eigenvalue weighted by Crippen LogP contribution is -2.44. The molecule has 0 fully saturated rings. The Bertz CT molecular complexity index is 696. The van der Waals surface area contributed by atoms with Crippen molar-refractivity contribution in [2.45, 2.75) is 19.4 Å². The van der Waals surface area contributed by atoms with E-state index in [1.165, 1.54) is 6.21 Å². The molecule has 2 rings (SSSR count). The molecule has 0 aliphatic carbocycles. The molecule has 0 saturated carbocycles. The summed E-state index contributed by atoms with van der Waals surface area (Å²) < 4.78 is 5.68. The lowest BCUT2D eigenvalue weighted by molar-refractivity contribution is -0.134. The van der Waals surface area contributed by atoms with E-state index < -0.39 is 5.60 Å². The lowest BCUT2D eigenvalue weighted by Gasteiger charge is -2.24. The van der Waals surface area contributed by atoms with Gasteiger partial charge in [0.15, 0.2) is 5.60 Å². The van der Waals surface area contributed by atoms with Gasteiger partial charge in [-0.1, -0.05) is 35.3 Å². The monoisotopic (exact) mass is 350 g/mol. The highest BCUT2D eigenvalue weighted by atomic mass is 35.5. The SMILES string of the molecule is CC(C)(Oc1ccc(Cl)cc1)C(=O)N/N=C\c1ccc(Cl)cc1. The van der Waals surface area contributed by atoms with Crippen LogP contribution < -0.4 is 10.2 Å². The summed E-state index contributed by atoms with van der Waals surface area (Å²) in [6.45, 7) is 3.32. The van der Waals surface area contributed by atoms with E-state index in [9.17, 15) is 4.79 Å². The number of ether oxygens (including phenoxy) is 1. The van der Waals surface area contributed by atoms with E-state index in [0.29, 0.717) is 15.8 Å². The first kappa shape index (κ1) is 17.3. The molecule has 0 aliphatic heterocycles. The van der Waals surface area contributed by atoms with E-state index in [1.54, 1.807) is 62.4 Å². The molecule has 0 aliphatic rings. The second-order valence-electron chi connectivity index (χ2n) is 5.32. The van der Waals surface area contributed by atoms with Gasteiger partial charge in [-0.3, -0.25) is 4.79 Å². The molecule has 2 aromatic rings. The van der Waals surface area contributed by atoms with Crippen molar-refractivity contribution in [2.75, 3.05) is 0 Å². The molecule has 0 atom stereocenters. The van der Waals surface area contributed by atoms with Crippen molar-refractivity contribution in [3.63, 3.8) is 0 Å². The summed E-state index contributed by atoms with van der Waals surface area (Å²) >= 11 is 11.6. The van der Waals surface area contributed by atoms with Gasteiger partial charge >= 0.3 is 0 Å². The third-order valence-electron chi connectivity index (χ3n) is 2.98. The number of nitrogens with zero attached hydrogens (tertiary/aromatic N) is 1. The Balaban J connectivity index is 1.95. The zero-order valence-electron chi connectivity index (χ0n) is 12.7. The van der Waals surface area contributed by atoms with Gasteiger partial charge in [-0.2, -0.15) is 5.10 Å². The van der Waals surface area contributed by atoms with Crippen molar-refractivity contribution in [3.8, 4) is 5.75 Å². The molecule has 0 spiro atoms. The van der Waals surface area contributed by atoms with Crippen molar-refractivity contribution in [2.24, 2.45) is 5.10 Å². The number of rotatable bonds is 5. The van der Waals surface area contributed by atoms with Gasteiger partial charge in [-0.15, -0.1) is 0 Å². The fourth-order valence-corrected chi connectivity index (χ4v) is 1.94. The van der Waals surface area contributed by atoms with Crippen LogP contribution in [0.2, 0.25) is 10.0 Å². The van der Waals surface area contributed by atoms with Crippen LogP contribution in [0.15, 0.2) is 53.6 Å². The number of halogens is 2. The maximum atomic E-state index is 12.2. The van der Waals surface area contributed by atoms with Gasteiger partial charge in [0, 0.05) is 10.0 Å². The van der Waals surface area contributed by atoms with Crippen LogP contribution in [0.5, 0.6) is 5.75 Å². The lowest BCUT2D eigenvalue weighted by atomic mass is 10.1. The number of hydrogen-bond donors (Lipinski definition) is 1. The van der Waals surface area contributed by atoms with Gasteiger partial charge in [0.05, 0.1) is 6.21 Å². The summed E-state index contributed by atoms with van der Waals surface area (Å²) in [5, 5.41) is 5.17. The third-order valence-corrected chi connectivity index (χ3v) is 3.49. The fourth-order valence-electron chi connectivity index (χ4n) is 1.69. The average molecular weight is 351 g/mol. The number of carbonyl (C=O) groups excluding carboxylic acids is 1. The van der Waals surface area contributed by atoms with Gasteiger partial charge < -0.3 is 4.74 Å². The van der Waals surface area contributed by atoms with Crippen LogP contribution in [0.3, 0.4) is 0 Å². The van der Waals surface area contributed by atoms with Crippen molar-refractivity contribution < 1.29 is 9.53 Å². The maximum Gasteiger partial charge on any atom is 0.283 e. The smallest absolute Gasteiger partial charge is 0.283 e. The highest BCUT2D eigenvalue weighted by Gasteiger charge is 2.29. The van der Waals surface area contributed by atoms with Crippen molar-refractivity contribution >= 4 is 35.3 Å². The maximum absolute atomic E-state index is 12.2. The highest BCUT2D eigenvalue weighted by molar-refractivity contribution is 6.30. The summed E-state index contributed by atoms with van der Waals surface area (Å²) in [4.78, 5) is 12.2. The van der Waals surface area contributed by atoms with E-state index >= 15 is 0 Å². The van der Waals surface area contributed by atoms with E-state index in [0.717, 1.165) is 5.56 Å². The third kappa shape index (κ3) is 5.27. The standard InChI is InChI=1S/C17H16Cl2N2O2/c1-17(2,23-15-9-7-14(19)8-10-15)16(22)21-20-11-12-3-5-13(18)6-4-12/h3-11H,1-2H3,(H,21,22)/b20-11-. The zero-order chi connectivity index (χ0) is 16.9. The Morgan fingerprint density at radius 3 is 2.13 bits per heavy atom. The summed E-state index contributed by atoms with van der Waals surface area (Å²) in [7, 11) is 0. The summed E-state index contributed by atoms with van der Waals surface area (Å²) in [6, 6.07) is 13.9. The first-order chi connectivity index (χ1) is 10.9. The molecule has 1 N–H and O–H groups in total. The quantitative estimate of drug-likeness (QED) is 0.645. The van der Waals surface area contributed by atoms with Gasteiger partial charge in [-0.05, 0) is 55.8 Å². The number of hydrazone groups is 1. The van der Waals surface area contributed by atoms with Crippen LogP contribution in [0.25, 0.3) is 0 Å². The fraction of sp³-hybridized carbons (Fsp3) is 0.176. The van der Waals surface area contributed by atoms with Crippen molar-refractivity contribution in [1.82, 2.24) is 5.43 Å². The zero-order valence-corrected chi connectivity index (χ0v) is 14.2. The molecule has 0 radical (unpaired) electrons. The number of benzene rings is 2. The Morgan fingerprint density at radius 1 is 1.04 bits per heavy atom. The second-order valence-corrected chi connectivity index (χ2v) is 6.19. The molecule has 6 heteroatoms. The molecule has 0 heterocycles. The van der Waals surface area contributed by atoms with Crippen LogP contribution in [0.4, 0.5) is 0 Å². The Hall–Kier alpha value is -2.04. The Labute approximate surface area is 145 Å². The minimum Gasteiger partial charge on any atom is -0.478 e. The van der Waals surface area contributed by atoms with Gasteiger partial charge in [-0.25, -0.2) is 5.43 Å². The molecule has 0 aromatic heterocycles. The first-order valence-corrected chi connectivity index (χ1v) is 7.66. The molecule has 0 unspecified atom stereocenters. The number of amides is 1. The van der Waals surface area contributed by atoms with E-state index in [-0.39, 0.29) is 5.91 Å². The van der Waals surface area contributed by atoms with Gasteiger partial charge in [0.25, 0.3) is 5.91 Å². The van der Waals surface area contributed by atoms with Crippen molar-refractivity contribution in [3.05, 3.63) is 64.1 Å². The Morgan fingerprint density at radius 2 is 1.57 bits per heavy atom. The molecule has 120 valence electrons. The van der Waals surface area contributed by atoms with E-state index in [1.807, 2.05) is 0 Å². The van der Waals surface area contributed by atoms with Crippen LogP contribution in [-0.4, -0.2) is 17.7 Å². The molecule has 2 aromatic carbocycles. The molecular weight excluding hydrogens is 335 g/mol. The first-order valence-electron chi connectivity index (χ1n) is 6.90. The average Bonchev–Trinajstić information content (AvgIpc) is 2.51. The molecule has 4 nitrogen and oxygen atoms in total. The number of nitrogens with one attached hydrogen (secondary N) is 1. The van der Waals surface area contributed by atoms with Crippen molar-refractivity contribution in [1.29, 1.82) is 0 Å². The van der Waals surface area contributed by atoms with Crippen LogP contribution in [0, 0.1) is 0 Å². The second kappa shape index (κ2) is 7.49. The molecule has 23 heavy (non-hydrogen) atoms. The summed E-state index contributed by atoms with van der Waals surface area (Å²) in [5.41, 5.74) is 2.21. The predicted octanol–water partition coefficient (Wildman–Crippen LogP) is 4.30. The minimum atomic E-state index is -1.08. The summed E-state index contributed by atoms with van der Waals surface area (Å²) in [6.07, 6.45) is 1.53. The van der Waals surface area contributed by atoms with E-state index in [2.05, 4.69) is 10.5 Å². The summed E-state index contributed by atoms with van der Waals surface area (Å²) in [5.74, 6) is 0.189. The normalized spacial score (nSPS) is 11.5. The predicted molar refractivity (Wildman–Crippen MR) is 93.3 cm³/mol. The molecule has 1 amide bonds. The largest absolute Gasteiger partial charge is 0.478 e.